The third-order valence-electron chi connectivity index (χ3n) is 4.98. The van der Waals surface area contributed by atoms with Crippen molar-refractivity contribution in [3.63, 3.8) is 0 Å². The van der Waals surface area contributed by atoms with Gasteiger partial charge in [-0.15, -0.1) is 0 Å². The molecule has 1 unspecified atom stereocenters. The topological polar surface area (TPSA) is 117 Å². The normalized spacial score (nSPS) is 19.4. The fourth-order valence-corrected chi connectivity index (χ4v) is 3.34. The lowest BCUT2D eigenvalue weighted by Gasteiger charge is -2.26. The number of aryl methyl sites for hydroxylation is 1. The zero-order valence-corrected chi connectivity index (χ0v) is 15.3. The van der Waals surface area contributed by atoms with E-state index in [0.29, 0.717) is 12.0 Å². The van der Waals surface area contributed by atoms with E-state index < -0.39 is 21.9 Å². The van der Waals surface area contributed by atoms with Crippen molar-refractivity contribution < 1.29 is 19.3 Å². The molecule has 0 fully saturated rings. The number of rotatable bonds is 5. The molecule has 0 bridgehead atoms. The largest absolute Gasteiger partial charge is 0.497 e. The molecule has 0 amide bonds. The van der Waals surface area contributed by atoms with Crippen LogP contribution in [0.3, 0.4) is 0 Å². The number of hydrogen-bond acceptors (Lipinski definition) is 7. The molecule has 29 heavy (non-hydrogen) atoms. The molecule has 2 aliphatic rings. The maximum Gasteiger partial charge on any atom is 0.497 e. The summed E-state index contributed by atoms with van der Waals surface area (Å²) in [6, 6.07) is 15.4. The van der Waals surface area contributed by atoms with Gasteiger partial charge in [0.1, 0.15) is 33.9 Å². The fourth-order valence-electron chi connectivity index (χ4n) is 3.34. The second-order valence-corrected chi connectivity index (χ2v) is 6.82. The van der Waals surface area contributed by atoms with E-state index in [1.54, 1.807) is 6.07 Å². The second-order valence-electron chi connectivity index (χ2n) is 6.82. The molecule has 4 rings (SSSR count). The molecule has 1 atom stereocenters. The summed E-state index contributed by atoms with van der Waals surface area (Å²) in [7, 11) is 0. The van der Waals surface area contributed by atoms with Crippen LogP contribution >= 0.6 is 0 Å². The van der Waals surface area contributed by atoms with Crippen molar-refractivity contribution >= 4 is 6.21 Å². The van der Waals surface area contributed by atoms with Crippen LogP contribution in [0.25, 0.3) is 0 Å². The predicted octanol–water partition coefficient (Wildman–Crippen LogP) is 3.70. The van der Waals surface area contributed by atoms with Crippen molar-refractivity contribution in [2.75, 3.05) is 0 Å². The summed E-state index contributed by atoms with van der Waals surface area (Å²) in [5.41, 5.74) is -0.330. The van der Waals surface area contributed by atoms with Gasteiger partial charge in [0, 0.05) is 0 Å². The summed E-state index contributed by atoms with van der Waals surface area (Å²) in [5, 5.41) is 22.1. The number of hydrogen-bond donors (Lipinski definition) is 0. The Morgan fingerprint density at radius 2 is 1.86 bits per heavy atom. The lowest BCUT2D eigenvalue weighted by Crippen LogP contribution is -2.48. The van der Waals surface area contributed by atoms with Crippen molar-refractivity contribution in [1.29, 1.82) is 0 Å². The van der Waals surface area contributed by atoms with E-state index in [0.717, 1.165) is 29.7 Å². The summed E-state index contributed by atoms with van der Waals surface area (Å²) in [6.07, 6.45) is 3.17. The summed E-state index contributed by atoms with van der Waals surface area (Å²) in [4.78, 5) is 24.0. The molecule has 0 saturated carbocycles. The fraction of sp³-hybridized carbons (Fsp3) is 0.250. The second kappa shape index (κ2) is 7.34. The molecule has 9 heteroatoms. The highest BCUT2D eigenvalue weighted by Gasteiger charge is 2.55. The van der Waals surface area contributed by atoms with Crippen LogP contribution in [0.1, 0.15) is 30.1 Å². The van der Waals surface area contributed by atoms with Gasteiger partial charge in [-0.3, -0.25) is 20.2 Å². The van der Waals surface area contributed by atoms with Crippen molar-refractivity contribution in [2.45, 2.75) is 31.0 Å². The smallest absolute Gasteiger partial charge is 0.485 e. The quantitative estimate of drug-likeness (QED) is 0.433. The van der Waals surface area contributed by atoms with Gasteiger partial charge in [0.15, 0.2) is 6.21 Å². The van der Waals surface area contributed by atoms with E-state index in [4.69, 9.17) is 9.47 Å². The Morgan fingerprint density at radius 3 is 2.52 bits per heavy atom. The summed E-state index contributed by atoms with van der Waals surface area (Å²) in [5.74, 6) is 1.35. The summed E-state index contributed by atoms with van der Waals surface area (Å²) >= 11 is 0. The molecule has 148 valence electrons. The molecule has 0 radical (unpaired) electrons. The first-order chi connectivity index (χ1) is 14.0. The van der Waals surface area contributed by atoms with E-state index in [1.165, 1.54) is 6.08 Å². The Labute approximate surface area is 165 Å². The molecular weight excluding hydrogens is 378 g/mol. The van der Waals surface area contributed by atoms with Crippen molar-refractivity contribution in [2.24, 2.45) is 4.99 Å². The summed E-state index contributed by atoms with van der Waals surface area (Å²) < 4.78 is 11.7. The number of nitrogens with zero attached hydrogens (tertiary/aromatic N) is 3. The first kappa shape index (κ1) is 18.6. The molecular formula is C20H17N3O6. The van der Waals surface area contributed by atoms with Gasteiger partial charge >= 0.3 is 5.66 Å². The van der Waals surface area contributed by atoms with Gasteiger partial charge in [-0.1, -0.05) is 30.3 Å². The zero-order chi connectivity index (χ0) is 20.4. The zero-order valence-electron chi connectivity index (χ0n) is 15.3. The van der Waals surface area contributed by atoms with Gasteiger partial charge in [-0.2, -0.15) is 0 Å². The Kier molecular flexibility index (Phi) is 4.71. The van der Waals surface area contributed by atoms with Gasteiger partial charge in [-0.25, -0.2) is 4.99 Å². The van der Waals surface area contributed by atoms with Crippen LogP contribution in [0.5, 0.6) is 11.5 Å². The maximum absolute atomic E-state index is 11.1. The van der Waals surface area contributed by atoms with E-state index in [-0.39, 0.29) is 12.0 Å². The van der Waals surface area contributed by atoms with Crippen molar-refractivity contribution in [3.05, 3.63) is 91.8 Å². The summed E-state index contributed by atoms with van der Waals surface area (Å²) in [6.45, 7) is 0. The van der Waals surface area contributed by atoms with Gasteiger partial charge in [0.25, 0.3) is 0 Å². The molecule has 2 aliphatic heterocycles. The third kappa shape index (κ3) is 3.54. The minimum atomic E-state index is -2.44. The Balaban J connectivity index is 1.46. The lowest BCUT2D eigenvalue weighted by molar-refractivity contribution is -0.770. The molecule has 0 N–H and O–H groups in total. The Bertz CT molecular complexity index is 1000. The minimum Gasteiger partial charge on any atom is -0.485 e. The Hall–Kier alpha value is -3.75. The standard InChI is InChI=1S/C20H17N3O6/c24-22(25)20(23(26)27)11-10-19(21-13-20)28-16-7-9-18-15(12-16)6-8-17(29-18)14-4-2-1-3-5-14/h1-5,7,9-10,12-13,17H,6,8,11H2. The van der Waals surface area contributed by atoms with Gasteiger partial charge < -0.3 is 9.47 Å². The highest BCUT2D eigenvalue weighted by Crippen LogP contribution is 2.37. The van der Waals surface area contributed by atoms with Crippen molar-refractivity contribution in [3.8, 4) is 11.5 Å². The maximum atomic E-state index is 11.1. The SMILES string of the molecule is O=[N+]([O-])C1([N+](=O)[O-])C=NC(Oc2ccc3c(c2)CCC(c2ccccc2)O3)=CC1. The van der Waals surface area contributed by atoms with Gasteiger partial charge in [0.05, 0.1) is 0 Å². The molecule has 0 saturated heterocycles. The molecule has 2 aromatic rings. The molecule has 9 nitrogen and oxygen atoms in total. The van der Waals surface area contributed by atoms with Crippen LogP contribution in [0.15, 0.2) is 65.5 Å². The van der Waals surface area contributed by atoms with Crippen LogP contribution in [0.2, 0.25) is 0 Å². The highest BCUT2D eigenvalue weighted by atomic mass is 16.7. The van der Waals surface area contributed by atoms with E-state index in [2.05, 4.69) is 4.99 Å². The van der Waals surface area contributed by atoms with E-state index >= 15 is 0 Å². The number of benzene rings is 2. The number of ether oxygens (including phenoxy) is 2. The average Bonchev–Trinajstić information content (AvgIpc) is 2.74. The van der Waals surface area contributed by atoms with E-state index in [1.807, 2.05) is 42.5 Å². The van der Waals surface area contributed by atoms with Gasteiger partial charge in [0.2, 0.25) is 5.88 Å². The molecule has 0 aliphatic carbocycles. The molecule has 0 spiro atoms. The average molecular weight is 395 g/mol. The van der Waals surface area contributed by atoms with Crippen LogP contribution in [-0.2, 0) is 6.42 Å². The Morgan fingerprint density at radius 1 is 1.10 bits per heavy atom. The highest BCUT2D eigenvalue weighted by molar-refractivity contribution is 5.68. The molecule has 0 aromatic heterocycles. The van der Waals surface area contributed by atoms with Crippen LogP contribution < -0.4 is 9.47 Å². The monoisotopic (exact) mass is 395 g/mol. The lowest BCUT2D eigenvalue weighted by atomic mass is 9.97. The van der Waals surface area contributed by atoms with Crippen LogP contribution in [0, 0.1) is 20.2 Å². The number of aliphatic imine (C=N–C) groups is 1. The first-order valence-electron chi connectivity index (χ1n) is 9.05. The third-order valence-corrected chi connectivity index (χ3v) is 4.98. The predicted molar refractivity (Wildman–Crippen MR) is 103 cm³/mol. The van der Waals surface area contributed by atoms with Gasteiger partial charge in [-0.05, 0) is 48.2 Å². The van der Waals surface area contributed by atoms with E-state index in [9.17, 15) is 20.2 Å². The minimum absolute atomic E-state index is 0.00139. The van der Waals surface area contributed by atoms with Crippen LogP contribution in [0.4, 0.5) is 0 Å². The number of nitro groups is 2. The molecule has 2 heterocycles. The molecule has 2 aromatic carbocycles. The van der Waals surface area contributed by atoms with Crippen molar-refractivity contribution in [1.82, 2.24) is 0 Å². The van der Waals surface area contributed by atoms with Crippen LogP contribution in [-0.4, -0.2) is 21.7 Å². The number of fused-ring (bicyclic) bond motifs is 1. The first-order valence-corrected chi connectivity index (χ1v) is 9.05.